The summed E-state index contributed by atoms with van der Waals surface area (Å²) in [7, 11) is 0. The summed E-state index contributed by atoms with van der Waals surface area (Å²) in [6.45, 7) is 0. The van der Waals surface area contributed by atoms with Crippen molar-refractivity contribution in [2.75, 3.05) is 0 Å². The van der Waals surface area contributed by atoms with Crippen molar-refractivity contribution in [1.82, 2.24) is 0 Å². The molecule has 1 atom stereocenters. The summed E-state index contributed by atoms with van der Waals surface area (Å²) in [5.41, 5.74) is 1.02. The van der Waals surface area contributed by atoms with Crippen LogP contribution in [-0.4, -0.2) is 11.2 Å². The first-order chi connectivity index (χ1) is 6.29. The molecule has 3 rings (SSSR count). The lowest BCUT2D eigenvalue weighted by Gasteiger charge is -2.68. The molecule has 0 radical (unpaired) electrons. The summed E-state index contributed by atoms with van der Waals surface area (Å²) in [5.74, 6) is 0. The van der Waals surface area contributed by atoms with E-state index in [1.165, 1.54) is 51.4 Å². The Labute approximate surface area is 80.5 Å². The van der Waals surface area contributed by atoms with E-state index in [0.29, 0.717) is 10.8 Å². The SMILES string of the molecule is OC1CC23CCCCC12CCCC3. The molecule has 3 aliphatic rings. The van der Waals surface area contributed by atoms with Crippen molar-refractivity contribution in [2.24, 2.45) is 10.8 Å². The lowest BCUT2D eigenvalue weighted by molar-refractivity contribution is -0.235. The minimum atomic E-state index is 0.0631. The Morgan fingerprint density at radius 3 is 1.85 bits per heavy atom. The van der Waals surface area contributed by atoms with Crippen LogP contribution >= 0.6 is 0 Å². The molecule has 1 N–H and O–H groups in total. The zero-order chi connectivity index (χ0) is 8.94. The molecule has 0 saturated heterocycles. The minimum Gasteiger partial charge on any atom is -0.393 e. The van der Waals surface area contributed by atoms with Gasteiger partial charge >= 0.3 is 0 Å². The molecule has 0 aromatic rings. The van der Waals surface area contributed by atoms with Gasteiger partial charge in [-0.15, -0.1) is 0 Å². The van der Waals surface area contributed by atoms with Gasteiger partial charge < -0.3 is 5.11 Å². The van der Waals surface area contributed by atoms with E-state index >= 15 is 0 Å². The molecule has 1 heteroatoms. The minimum absolute atomic E-state index is 0.0631. The maximum absolute atomic E-state index is 10.0. The predicted octanol–water partition coefficient (Wildman–Crippen LogP) is 2.87. The Kier molecular flexibility index (Phi) is 1.59. The third-order valence-corrected chi connectivity index (χ3v) is 5.33. The van der Waals surface area contributed by atoms with E-state index < -0.39 is 0 Å². The Bertz CT molecular complexity index is 204. The normalized spacial score (nSPS) is 54.7. The molecule has 1 unspecified atom stereocenters. The van der Waals surface area contributed by atoms with E-state index in [1.54, 1.807) is 0 Å². The number of rotatable bonds is 0. The molecular formula is C12H20O. The van der Waals surface area contributed by atoms with Gasteiger partial charge in [-0.05, 0) is 37.5 Å². The highest BCUT2D eigenvalue weighted by molar-refractivity contribution is 5.15. The van der Waals surface area contributed by atoms with Crippen LogP contribution in [0.1, 0.15) is 57.8 Å². The third-order valence-electron chi connectivity index (χ3n) is 5.33. The Morgan fingerprint density at radius 1 is 0.846 bits per heavy atom. The van der Waals surface area contributed by atoms with Crippen molar-refractivity contribution >= 4 is 0 Å². The van der Waals surface area contributed by atoms with Crippen LogP contribution in [0.4, 0.5) is 0 Å². The molecule has 0 amide bonds. The van der Waals surface area contributed by atoms with E-state index in [2.05, 4.69) is 0 Å². The van der Waals surface area contributed by atoms with Gasteiger partial charge in [0.2, 0.25) is 0 Å². The van der Waals surface area contributed by atoms with Crippen LogP contribution in [0.15, 0.2) is 0 Å². The van der Waals surface area contributed by atoms with Crippen molar-refractivity contribution in [3.63, 3.8) is 0 Å². The molecule has 0 bridgehead atoms. The number of hydrogen-bond acceptors (Lipinski definition) is 1. The zero-order valence-electron chi connectivity index (χ0n) is 8.39. The van der Waals surface area contributed by atoms with Gasteiger partial charge in [0.05, 0.1) is 6.10 Å². The molecular weight excluding hydrogens is 160 g/mol. The van der Waals surface area contributed by atoms with Gasteiger partial charge in [-0.2, -0.15) is 0 Å². The van der Waals surface area contributed by atoms with Crippen LogP contribution < -0.4 is 0 Å². The molecule has 0 aromatic heterocycles. The van der Waals surface area contributed by atoms with Gasteiger partial charge in [0, 0.05) is 5.41 Å². The van der Waals surface area contributed by atoms with Crippen molar-refractivity contribution in [2.45, 2.75) is 63.9 Å². The van der Waals surface area contributed by atoms with E-state index in [4.69, 9.17) is 0 Å². The fourth-order valence-corrected chi connectivity index (χ4v) is 4.61. The molecule has 0 aliphatic heterocycles. The van der Waals surface area contributed by atoms with Gasteiger partial charge in [0.15, 0.2) is 0 Å². The molecule has 3 fully saturated rings. The largest absolute Gasteiger partial charge is 0.393 e. The summed E-state index contributed by atoms with van der Waals surface area (Å²) in [4.78, 5) is 0. The number of hydrogen-bond donors (Lipinski definition) is 1. The van der Waals surface area contributed by atoms with Gasteiger partial charge in [0.1, 0.15) is 0 Å². The predicted molar refractivity (Wildman–Crippen MR) is 52.4 cm³/mol. The van der Waals surface area contributed by atoms with Crippen LogP contribution in [0.3, 0.4) is 0 Å². The van der Waals surface area contributed by atoms with Gasteiger partial charge in [0.25, 0.3) is 0 Å². The fraction of sp³-hybridized carbons (Fsp3) is 1.00. The highest BCUT2D eigenvalue weighted by Crippen LogP contribution is 2.70. The summed E-state index contributed by atoms with van der Waals surface area (Å²) < 4.78 is 0. The lowest BCUT2D eigenvalue weighted by Crippen LogP contribution is -2.64. The van der Waals surface area contributed by atoms with Crippen LogP contribution in [-0.2, 0) is 0 Å². The fourth-order valence-electron chi connectivity index (χ4n) is 4.61. The first kappa shape index (κ1) is 8.28. The van der Waals surface area contributed by atoms with Crippen molar-refractivity contribution in [3.8, 4) is 0 Å². The van der Waals surface area contributed by atoms with Gasteiger partial charge in [-0.3, -0.25) is 0 Å². The molecule has 74 valence electrons. The quantitative estimate of drug-likeness (QED) is 0.607. The average Bonchev–Trinajstić information content (AvgIpc) is 2.15. The van der Waals surface area contributed by atoms with E-state index in [0.717, 1.165) is 6.42 Å². The molecule has 0 aromatic carbocycles. The average molecular weight is 180 g/mol. The van der Waals surface area contributed by atoms with Crippen LogP contribution in [0.5, 0.6) is 0 Å². The summed E-state index contributed by atoms with van der Waals surface area (Å²) in [6, 6.07) is 0. The molecule has 3 saturated carbocycles. The van der Waals surface area contributed by atoms with Gasteiger partial charge in [-0.1, -0.05) is 25.7 Å². The Balaban J connectivity index is 1.94. The maximum Gasteiger partial charge on any atom is 0.0607 e. The highest BCUT2D eigenvalue weighted by atomic mass is 16.3. The molecule has 3 aliphatic carbocycles. The Morgan fingerprint density at radius 2 is 1.38 bits per heavy atom. The molecule has 0 spiro atoms. The lowest BCUT2D eigenvalue weighted by atomic mass is 9.38. The van der Waals surface area contributed by atoms with Gasteiger partial charge in [-0.25, -0.2) is 0 Å². The molecule has 0 heterocycles. The second-order valence-electron chi connectivity index (χ2n) is 5.57. The number of aliphatic hydroxyl groups excluding tert-OH is 1. The Hall–Kier alpha value is -0.0400. The standard InChI is InChI=1S/C12H20O/c13-10-9-11-5-1-3-7-12(10,11)8-4-2-6-11/h10,13H,1-9H2. The number of aliphatic hydroxyl groups is 1. The van der Waals surface area contributed by atoms with E-state index in [1.807, 2.05) is 0 Å². The summed E-state index contributed by atoms with van der Waals surface area (Å²) in [5, 5.41) is 10.0. The topological polar surface area (TPSA) is 20.2 Å². The third kappa shape index (κ3) is 0.823. The van der Waals surface area contributed by atoms with E-state index in [9.17, 15) is 5.11 Å². The highest BCUT2D eigenvalue weighted by Gasteiger charge is 2.65. The maximum atomic E-state index is 10.0. The molecule has 13 heavy (non-hydrogen) atoms. The van der Waals surface area contributed by atoms with Crippen LogP contribution in [0, 0.1) is 10.8 Å². The summed E-state index contributed by atoms with van der Waals surface area (Å²) in [6.07, 6.45) is 12.3. The second-order valence-corrected chi connectivity index (χ2v) is 5.57. The second kappa shape index (κ2) is 2.50. The zero-order valence-corrected chi connectivity index (χ0v) is 8.39. The van der Waals surface area contributed by atoms with Crippen molar-refractivity contribution in [3.05, 3.63) is 0 Å². The van der Waals surface area contributed by atoms with Crippen LogP contribution in [0.2, 0.25) is 0 Å². The molecule has 1 nitrogen and oxygen atoms in total. The first-order valence-corrected chi connectivity index (χ1v) is 5.97. The van der Waals surface area contributed by atoms with Crippen molar-refractivity contribution < 1.29 is 5.11 Å². The smallest absolute Gasteiger partial charge is 0.0607 e. The first-order valence-electron chi connectivity index (χ1n) is 5.97. The summed E-state index contributed by atoms with van der Waals surface area (Å²) >= 11 is 0. The monoisotopic (exact) mass is 180 g/mol. The van der Waals surface area contributed by atoms with Crippen molar-refractivity contribution in [1.29, 1.82) is 0 Å². The van der Waals surface area contributed by atoms with E-state index in [-0.39, 0.29) is 6.10 Å². The van der Waals surface area contributed by atoms with Crippen LogP contribution in [0.25, 0.3) is 0 Å².